The van der Waals surface area contributed by atoms with Crippen LogP contribution in [0.4, 0.5) is 0 Å². The Morgan fingerprint density at radius 2 is 0.824 bits per heavy atom. The van der Waals surface area contributed by atoms with Gasteiger partial charge in [-0.15, -0.1) is 0 Å². The Kier molecular flexibility index (Phi) is 24.3. The third kappa shape index (κ3) is 21.3. The van der Waals surface area contributed by atoms with Crippen LogP contribution >= 0.6 is 0 Å². The first-order valence-corrected chi connectivity index (χ1v) is 19.0. The van der Waals surface area contributed by atoms with E-state index in [9.17, 15) is 29.1 Å². The first-order valence-electron chi connectivity index (χ1n) is 19.0. The second kappa shape index (κ2) is 26.8. The van der Waals surface area contributed by atoms with Crippen LogP contribution in [0.1, 0.15) is 53.4 Å². The lowest BCUT2D eigenvalue weighted by Crippen LogP contribution is -2.49. The van der Waals surface area contributed by atoms with Crippen molar-refractivity contribution in [2.45, 2.75) is 53.4 Å². The van der Waals surface area contributed by atoms with Crippen molar-refractivity contribution in [2.24, 2.45) is 11.5 Å². The highest BCUT2D eigenvalue weighted by Crippen LogP contribution is 2.06. The number of likely N-dealkylation sites (N-methyl/N-ethyl adjacent to an activating group) is 1. The number of carboxylic acid groups (broad SMARTS) is 1. The molecule has 1 aliphatic heterocycles. The molecule has 0 unspecified atom stereocenters. The number of primary amides is 2. The van der Waals surface area contributed by atoms with Gasteiger partial charge in [-0.25, -0.2) is 0 Å². The van der Waals surface area contributed by atoms with Crippen molar-refractivity contribution in [1.29, 1.82) is 0 Å². The molecule has 16 heteroatoms. The largest absolute Gasteiger partial charge is 0.480 e. The molecule has 1 heterocycles. The maximum Gasteiger partial charge on any atom is 0.317 e. The molecule has 1 saturated heterocycles. The third-order valence-electron chi connectivity index (χ3n) is 9.02. The van der Waals surface area contributed by atoms with E-state index in [0.29, 0.717) is 65.4 Å². The summed E-state index contributed by atoms with van der Waals surface area (Å²) in [5, 5.41) is 9.22. The van der Waals surface area contributed by atoms with Crippen molar-refractivity contribution >= 4 is 29.6 Å². The predicted molar refractivity (Wildman–Crippen MR) is 200 cm³/mol. The standard InChI is InChI=1S/C35H70N10O6/c1-6-10-44(11-7-2)33(48)28-43(29-34(49)45(12-8-3)13-9-4)25-23-41-19-17-39(15-14-38(5)30-35(50)51)16-18-40(20-21-41)22-24-42(26-31(36)46)27-32(37)47/h6-30H2,1-5H3,(H2,36,46)(H2,37,47)(H,50,51). The summed E-state index contributed by atoms with van der Waals surface area (Å²) in [4.78, 5) is 77.8. The molecule has 0 saturated carbocycles. The van der Waals surface area contributed by atoms with Gasteiger partial charge >= 0.3 is 5.97 Å². The summed E-state index contributed by atoms with van der Waals surface area (Å²) in [7, 11) is 1.80. The summed E-state index contributed by atoms with van der Waals surface area (Å²) >= 11 is 0. The minimum Gasteiger partial charge on any atom is -0.480 e. The quantitative estimate of drug-likeness (QED) is 0.0921. The van der Waals surface area contributed by atoms with E-state index in [2.05, 4.69) is 42.4 Å². The van der Waals surface area contributed by atoms with Gasteiger partial charge in [0, 0.05) is 105 Å². The number of amides is 4. The smallest absolute Gasteiger partial charge is 0.317 e. The zero-order valence-electron chi connectivity index (χ0n) is 32.4. The number of rotatable bonds is 27. The summed E-state index contributed by atoms with van der Waals surface area (Å²) in [6.07, 6.45) is 3.50. The van der Waals surface area contributed by atoms with E-state index >= 15 is 0 Å². The molecule has 1 aliphatic rings. The van der Waals surface area contributed by atoms with Gasteiger partial charge in [-0.3, -0.25) is 53.4 Å². The van der Waals surface area contributed by atoms with Crippen LogP contribution in [0.3, 0.4) is 0 Å². The van der Waals surface area contributed by atoms with Crippen molar-refractivity contribution in [3.63, 3.8) is 0 Å². The van der Waals surface area contributed by atoms with Crippen molar-refractivity contribution in [1.82, 2.24) is 39.2 Å². The lowest BCUT2D eigenvalue weighted by molar-refractivity contribution is -0.138. The zero-order chi connectivity index (χ0) is 38.2. The molecule has 1 rings (SSSR count). The lowest BCUT2D eigenvalue weighted by Gasteiger charge is -2.32. The first-order chi connectivity index (χ1) is 24.3. The van der Waals surface area contributed by atoms with Crippen LogP contribution in [0.25, 0.3) is 0 Å². The minimum absolute atomic E-state index is 0.0309. The van der Waals surface area contributed by atoms with E-state index < -0.39 is 17.8 Å². The highest BCUT2D eigenvalue weighted by atomic mass is 16.4. The fourth-order valence-electron chi connectivity index (χ4n) is 6.30. The number of hydrogen-bond donors (Lipinski definition) is 3. The van der Waals surface area contributed by atoms with Crippen molar-refractivity contribution in [3.05, 3.63) is 0 Å². The van der Waals surface area contributed by atoms with Crippen molar-refractivity contribution in [2.75, 3.05) is 144 Å². The molecule has 0 aromatic heterocycles. The third-order valence-corrected chi connectivity index (χ3v) is 9.02. The summed E-state index contributed by atoms with van der Waals surface area (Å²) < 4.78 is 0. The summed E-state index contributed by atoms with van der Waals surface area (Å²) in [5.74, 6) is -1.81. The van der Waals surface area contributed by atoms with Crippen LogP contribution in [-0.4, -0.2) is 218 Å². The van der Waals surface area contributed by atoms with Crippen molar-refractivity contribution < 1.29 is 29.1 Å². The molecule has 51 heavy (non-hydrogen) atoms. The second-order valence-corrected chi connectivity index (χ2v) is 13.8. The average Bonchev–Trinajstić information content (AvgIpc) is 3.14. The molecule has 5 N–H and O–H groups in total. The van der Waals surface area contributed by atoms with E-state index in [1.54, 1.807) is 16.8 Å². The average molecular weight is 727 g/mol. The van der Waals surface area contributed by atoms with Gasteiger partial charge in [-0.05, 0) is 32.7 Å². The Labute approximate surface area is 307 Å². The van der Waals surface area contributed by atoms with Gasteiger partial charge < -0.3 is 26.4 Å². The number of nitrogens with two attached hydrogens (primary N) is 2. The number of aliphatic carboxylic acids is 1. The number of carbonyl (C=O) groups excluding carboxylic acids is 4. The van der Waals surface area contributed by atoms with E-state index in [4.69, 9.17) is 11.5 Å². The van der Waals surface area contributed by atoms with Crippen LogP contribution < -0.4 is 11.5 Å². The summed E-state index contributed by atoms with van der Waals surface area (Å²) in [6, 6.07) is 0. The Morgan fingerprint density at radius 1 is 0.510 bits per heavy atom. The predicted octanol–water partition coefficient (Wildman–Crippen LogP) is -1.21. The molecule has 0 bridgehead atoms. The van der Waals surface area contributed by atoms with Gasteiger partial charge in [0.05, 0.1) is 32.7 Å². The van der Waals surface area contributed by atoms with Gasteiger partial charge in [0.15, 0.2) is 0 Å². The van der Waals surface area contributed by atoms with Gasteiger partial charge in [0.2, 0.25) is 23.6 Å². The summed E-state index contributed by atoms with van der Waals surface area (Å²) in [5.41, 5.74) is 10.9. The van der Waals surface area contributed by atoms with E-state index in [1.807, 2.05) is 14.7 Å². The fraction of sp³-hybridized carbons (Fsp3) is 0.857. The molecular formula is C35H70N10O6. The fourth-order valence-corrected chi connectivity index (χ4v) is 6.30. The highest BCUT2D eigenvalue weighted by molar-refractivity contribution is 5.81. The Morgan fingerprint density at radius 3 is 1.12 bits per heavy atom. The molecule has 0 atom stereocenters. The summed E-state index contributed by atoms with van der Waals surface area (Å²) in [6.45, 7) is 19.4. The van der Waals surface area contributed by atoms with Crippen LogP contribution in [0.2, 0.25) is 0 Å². The Hall–Kier alpha value is -2.89. The molecule has 296 valence electrons. The number of carbonyl (C=O) groups is 5. The van der Waals surface area contributed by atoms with Gasteiger partial charge in [-0.1, -0.05) is 27.7 Å². The molecule has 0 aromatic carbocycles. The SMILES string of the molecule is CCCN(CCC)C(=O)CN(CCN1CCN(CCN(C)CC(=O)O)CCN(CCN(CC(N)=O)CC(N)=O)CC1)CC(=O)N(CCC)CCC. The minimum atomic E-state index is -0.864. The Balaban J connectivity index is 3.17. The van der Waals surface area contributed by atoms with E-state index in [0.717, 1.165) is 65.0 Å². The van der Waals surface area contributed by atoms with Gasteiger partial charge in [-0.2, -0.15) is 0 Å². The molecule has 0 spiro atoms. The maximum atomic E-state index is 13.5. The van der Waals surface area contributed by atoms with Gasteiger partial charge in [0.1, 0.15) is 0 Å². The number of carboxylic acids is 1. The Bertz CT molecular complexity index is 979. The number of nitrogens with zero attached hydrogens (tertiary/aromatic N) is 8. The normalized spacial score (nSPS) is 15.1. The second-order valence-electron chi connectivity index (χ2n) is 13.8. The first kappa shape index (κ1) is 46.1. The monoisotopic (exact) mass is 727 g/mol. The maximum absolute atomic E-state index is 13.5. The van der Waals surface area contributed by atoms with E-state index in [-0.39, 0.29) is 44.5 Å². The number of hydrogen-bond acceptors (Lipinski definition) is 11. The molecule has 0 aromatic rings. The molecule has 16 nitrogen and oxygen atoms in total. The van der Waals surface area contributed by atoms with Crippen LogP contribution in [0.5, 0.6) is 0 Å². The molecular weight excluding hydrogens is 656 g/mol. The lowest BCUT2D eigenvalue weighted by atomic mass is 10.3. The topological polar surface area (TPSA) is 184 Å². The van der Waals surface area contributed by atoms with Crippen LogP contribution in [0.15, 0.2) is 0 Å². The molecule has 0 radical (unpaired) electrons. The van der Waals surface area contributed by atoms with Gasteiger partial charge in [0.25, 0.3) is 0 Å². The van der Waals surface area contributed by atoms with Crippen LogP contribution in [0, 0.1) is 0 Å². The molecule has 0 aliphatic carbocycles. The zero-order valence-corrected chi connectivity index (χ0v) is 32.4. The molecule has 4 amide bonds. The van der Waals surface area contributed by atoms with E-state index in [1.165, 1.54) is 0 Å². The molecule has 1 fully saturated rings. The van der Waals surface area contributed by atoms with Crippen molar-refractivity contribution in [3.8, 4) is 0 Å². The highest BCUT2D eigenvalue weighted by Gasteiger charge is 2.24. The van der Waals surface area contributed by atoms with Crippen LogP contribution in [-0.2, 0) is 24.0 Å².